The average molecular weight is 807 g/mol. The van der Waals surface area contributed by atoms with Crippen molar-refractivity contribution in [3.63, 3.8) is 0 Å². The Morgan fingerprint density at radius 2 is 0.889 bits per heavy atom. The molecule has 0 bridgehead atoms. The molecule has 0 spiro atoms. The number of hydrogen-bond donors (Lipinski definition) is 0. The van der Waals surface area contributed by atoms with Crippen LogP contribution in [0.1, 0.15) is 29.2 Å². The van der Waals surface area contributed by atoms with Gasteiger partial charge < -0.3 is 27.9 Å². The van der Waals surface area contributed by atoms with Gasteiger partial charge in [-0.25, -0.2) is 18.3 Å². The van der Waals surface area contributed by atoms with Crippen LogP contribution in [0.5, 0.6) is 0 Å². The van der Waals surface area contributed by atoms with E-state index in [0.29, 0.717) is 0 Å². The second-order valence-corrected chi connectivity index (χ2v) is 17.1. The van der Waals surface area contributed by atoms with Gasteiger partial charge in [0.05, 0.1) is 53.3 Å². The highest BCUT2D eigenvalue weighted by Crippen LogP contribution is 2.41. The zero-order valence-electron chi connectivity index (χ0n) is 30.8. The lowest BCUT2D eigenvalue weighted by Gasteiger charge is -2.27. The van der Waals surface area contributed by atoms with Gasteiger partial charge in [0.25, 0.3) is 0 Å². The number of aryl methyl sites for hydroxylation is 3. The second-order valence-electron chi connectivity index (χ2n) is 11.5. The minimum Gasteiger partial charge on any atom is -0.780 e. The fourth-order valence-corrected chi connectivity index (χ4v) is 6.26. The molecule has 4 aromatic carbocycles. The van der Waals surface area contributed by atoms with Gasteiger partial charge in [0, 0.05) is 0 Å². The highest BCUT2D eigenvalue weighted by Gasteiger charge is 2.06. The van der Waals surface area contributed by atoms with Crippen molar-refractivity contribution in [2.45, 2.75) is 39.9 Å². The highest BCUT2D eigenvalue weighted by atomic mass is 32.5. The standard InChI is InChI=1S/2C14H15O3PS.C6H11N2.C6H9N2/c2*15-18(19,16-11-13-7-3-1-4-8-13)17-12-14-9-5-2-6-10-14;2*1-3-8-5-4-7(2)6-8/h2*1-10H,11-12H2,(H,15,19);4-6H,3H2,1-2H3;3-6H,1H2,2H3/q;;2*+1/p-2. The minimum atomic E-state index is -3.44. The molecule has 54 heavy (non-hydrogen) atoms. The quantitative estimate of drug-likeness (QED) is 0.0881. The number of benzene rings is 4. The first kappa shape index (κ1) is 44.5. The van der Waals surface area contributed by atoms with Crippen molar-refractivity contribution in [2.75, 3.05) is 0 Å². The Kier molecular flexibility index (Phi) is 20.2. The summed E-state index contributed by atoms with van der Waals surface area (Å²) in [4.78, 5) is 23.9. The molecule has 6 rings (SSSR count). The molecule has 2 aromatic heterocycles. The van der Waals surface area contributed by atoms with Crippen LogP contribution in [-0.4, -0.2) is 9.13 Å². The molecule has 0 saturated carbocycles. The van der Waals surface area contributed by atoms with E-state index in [1.54, 1.807) is 6.20 Å². The molecule has 0 aliphatic heterocycles. The van der Waals surface area contributed by atoms with Gasteiger partial charge in [-0.05, 0) is 29.2 Å². The molecule has 14 heteroatoms. The predicted molar refractivity (Wildman–Crippen MR) is 217 cm³/mol. The number of rotatable bonds is 14. The summed E-state index contributed by atoms with van der Waals surface area (Å²) in [5.74, 6) is 0. The van der Waals surface area contributed by atoms with Crippen LogP contribution in [0, 0.1) is 0 Å². The molecule has 6 aromatic rings. The third kappa shape index (κ3) is 19.4. The van der Waals surface area contributed by atoms with Crippen LogP contribution < -0.4 is 18.9 Å². The Morgan fingerprint density at radius 1 is 0.574 bits per heavy atom. The van der Waals surface area contributed by atoms with Crippen LogP contribution in [0.15, 0.2) is 165 Å². The van der Waals surface area contributed by atoms with E-state index < -0.39 is 13.4 Å². The summed E-state index contributed by atoms with van der Waals surface area (Å²) < 4.78 is 28.7. The Bertz CT molecular complexity index is 1800. The Balaban J connectivity index is 0.000000209. The first-order chi connectivity index (χ1) is 26.0. The number of imidazole rings is 2. The zero-order valence-corrected chi connectivity index (χ0v) is 34.2. The molecule has 286 valence electrons. The van der Waals surface area contributed by atoms with Gasteiger partial charge in [0.2, 0.25) is 12.7 Å². The fourth-order valence-electron chi connectivity index (χ4n) is 4.25. The molecule has 0 fully saturated rings. The summed E-state index contributed by atoms with van der Waals surface area (Å²) in [6.45, 7) is 0.659. The van der Waals surface area contributed by atoms with E-state index in [1.165, 1.54) is 0 Å². The van der Waals surface area contributed by atoms with Crippen LogP contribution in [0.25, 0.3) is 6.20 Å². The van der Waals surface area contributed by atoms with Gasteiger partial charge in [-0.3, -0.25) is 0 Å². The van der Waals surface area contributed by atoms with Crippen LogP contribution in [-0.2, 0) is 88.8 Å². The normalized spacial score (nSPS) is 10.8. The van der Waals surface area contributed by atoms with E-state index in [-0.39, 0.29) is 26.4 Å². The molecule has 0 unspecified atom stereocenters. The maximum atomic E-state index is 11.9. The molecular weight excluding hydrogens is 759 g/mol. The van der Waals surface area contributed by atoms with Crippen molar-refractivity contribution in [3.05, 3.63) is 188 Å². The summed E-state index contributed by atoms with van der Waals surface area (Å²) in [6, 6.07) is 37.8. The molecule has 10 nitrogen and oxygen atoms in total. The second kappa shape index (κ2) is 24.5. The van der Waals surface area contributed by atoms with Crippen LogP contribution in [0.3, 0.4) is 0 Å². The molecule has 0 atom stereocenters. The number of nitrogens with zero attached hydrogens (tertiary/aromatic N) is 4. The van der Waals surface area contributed by atoms with Crippen LogP contribution in [0.4, 0.5) is 0 Å². The van der Waals surface area contributed by atoms with Crippen molar-refractivity contribution in [2.24, 2.45) is 14.1 Å². The summed E-state index contributed by atoms with van der Waals surface area (Å²) in [5.41, 5.74) is 3.65. The van der Waals surface area contributed by atoms with Gasteiger partial charge in [0.15, 0.2) is 0 Å². The minimum absolute atomic E-state index is 0.191. The van der Waals surface area contributed by atoms with Gasteiger partial charge in [-0.1, -0.05) is 152 Å². The Hall–Kier alpha value is -3.90. The highest BCUT2D eigenvalue weighted by molar-refractivity contribution is 8.06. The topological polar surface area (TPSA) is 101 Å². The third-order valence-electron chi connectivity index (χ3n) is 7.12. The summed E-state index contributed by atoms with van der Waals surface area (Å²) in [5, 5.41) is 0. The largest absolute Gasteiger partial charge is 0.780 e. The van der Waals surface area contributed by atoms with Crippen molar-refractivity contribution < 1.29 is 37.0 Å². The van der Waals surface area contributed by atoms with Crippen molar-refractivity contribution >= 4 is 43.3 Å². The number of aromatic nitrogens is 4. The van der Waals surface area contributed by atoms with Gasteiger partial charge >= 0.3 is 0 Å². The summed E-state index contributed by atoms with van der Waals surface area (Å²) in [7, 11) is 3.99. The summed E-state index contributed by atoms with van der Waals surface area (Å²) >= 11 is 9.71. The SMILES string of the molecule is C=Cn1cc[n+](C)c1.CCn1cc[n+](C)c1.[O-]P(=S)(OCc1ccccc1)OCc1ccccc1.[O-]P(=S)(OCc1ccccc1)OCc1ccccc1. The number of hydrogen-bond acceptors (Lipinski definition) is 8. The monoisotopic (exact) mass is 806 g/mol. The van der Waals surface area contributed by atoms with E-state index >= 15 is 0 Å². The molecule has 0 N–H and O–H groups in total. The van der Waals surface area contributed by atoms with E-state index in [1.807, 2.05) is 174 Å². The maximum Gasteiger partial charge on any atom is 0.248 e. The lowest BCUT2D eigenvalue weighted by molar-refractivity contribution is -0.671. The molecule has 0 aliphatic rings. The third-order valence-corrected chi connectivity index (χ3v) is 10.2. The van der Waals surface area contributed by atoms with E-state index in [2.05, 4.69) is 30.6 Å². The smallest absolute Gasteiger partial charge is 0.248 e. The average Bonchev–Trinajstić information content (AvgIpc) is 3.84. The van der Waals surface area contributed by atoms with Gasteiger partial charge in [-0.2, -0.15) is 0 Å². The van der Waals surface area contributed by atoms with Crippen molar-refractivity contribution in [1.82, 2.24) is 9.13 Å². The first-order valence-corrected chi connectivity index (χ1v) is 22.1. The van der Waals surface area contributed by atoms with Crippen molar-refractivity contribution in [3.8, 4) is 0 Å². The van der Waals surface area contributed by atoms with E-state index in [4.69, 9.17) is 41.7 Å². The van der Waals surface area contributed by atoms with E-state index in [9.17, 15) is 9.79 Å². The van der Waals surface area contributed by atoms with Crippen LogP contribution in [0.2, 0.25) is 0 Å². The maximum absolute atomic E-state index is 11.9. The van der Waals surface area contributed by atoms with Gasteiger partial charge in [-0.15, -0.1) is 0 Å². The van der Waals surface area contributed by atoms with Gasteiger partial charge in [0.1, 0.15) is 38.2 Å². The van der Waals surface area contributed by atoms with Crippen LogP contribution >= 0.6 is 13.4 Å². The lowest BCUT2D eigenvalue weighted by atomic mass is 10.2. The molecule has 0 radical (unpaired) electrons. The Labute approximate surface area is 329 Å². The zero-order chi connectivity index (χ0) is 39.1. The van der Waals surface area contributed by atoms with Crippen molar-refractivity contribution in [1.29, 1.82) is 0 Å². The lowest BCUT2D eigenvalue weighted by Crippen LogP contribution is -2.23. The molecule has 0 aliphatic carbocycles. The molecule has 2 heterocycles. The Morgan fingerprint density at radius 3 is 1.09 bits per heavy atom. The fraction of sp³-hybridized carbons (Fsp3) is 0.200. The summed E-state index contributed by atoms with van der Waals surface area (Å²) in [6.07, 6.45) is 13.7. The first-order valence-electron chi connectivity index (χ1n) is 17.0. The molecule has 0 saturated heterocycles. The predicted octanol–water partition coefficient (Wildman–Crippen LogP) is 6.76. The molecular formula is C40H48N4O6P2S2. The molecule has 0 amide bonds. The van der Waals surface area contributed by atoms with E-state index in [0.717, 1.165) is 28.8 Å².